The van der Waals surface area contributed by atoms with Gasteiger partial charge in [0, 0.05) is 5.54 Å². The standard InChI is InChI=1S/C12H27N/c1-5-8-9-12(13,7-3)10-11(4)6-2/h11H,5-10,13H2,1-4H3. The molecule has 0 spiro atoms. The minimum Gasteiger partial charge on any atom is -0.325 e. The third-order valence-corrected chi connectivity index (χ3v) is 3.18. The predicted molar refractivity (Wildman–Crippen MR) is 60.8 cm³/mol. The second-order valence-corrected chi connectivity index (χ2v) is 4.54. The van der Waals surface area contributed by atoms with Crippen LogP contribution in [0.2, 0.25) is 0 Å². The zero-order chi connectivity index (χ0) is 10.3. The van der Waals surface area contributed by atoms with Crippen molar-refractivity contribution in [3.05, 3.63) is 0 Å². The molecule has 0 rings (SSSR count). The Labute approximate surface area is 84.1 Å². The van der Waals surface area contributed by atoms with Crippen LogP contribution in [0.1, 0.15) is 66.2 Å². The molecule has 2 N–H and O–H groups in total. The molecular weight excluding hydrogens is 158 g/mol. The molecule has 0 aliphatic rings. The third-order valence-electron chi connectivity index (χ3n) is 3.18. The SMILES string of the molecule is CCCCC(N)(CC)CC(C)CC. The number of nitrogens with two attached hydrogens (primary N) is 1. The van der Waals surface area contributed by atoms with E-state index in [9.17, 15) is 0 Å². The fraction of sp³-hybridized carbons (Fsp3) is 1.00. The van der Waals surface area contributed by atoms with Gasteiger partial charge in [0.25, 0.3) is 0 Å². The zero-order valence-electron chi connectivity index (χ0n) is 9.90. The summed E-state index contributed by atoms with van der Waals surface area (Å²) in [6, 6.07) is 0. The molecule has 0 radical (unpaired) electrons. The van der Waals surface area contributed by atoms with Gasteiger partial charge in [0.15, 0.2) is 0 Å². The number of hydrogen-bond acceptors (Lipinski definition) is 1. The van der Waals surface area contributed by atoms with E-state index in [0.717, 1.165) is 12.3 Å². The highest BCUT2D eigenvalue weighted by Gasteiger charge is 2.23. The fourth-order valence-corrected chi connectivity index (χ4v) is 1.79. The van der Waals surface area contributed by atoms with E-state index >= 15 is 0 Å². The van der Waals surface area contributed by atoms with Crippen LogP contribution in [0.25, 0.3) is 0 Å². The molecule has 0 aliphatic heterocycles. The molecule has 0 bridgehead atoms. The first-order valence-electron chi connectivity index (χ1n) is 5.86. The van der Waals surface area contributed by atoms with E-state index in [1.165, 1.54) is 32.1 Å². The summed E-state index contributed by atoms with van der Waals surface area (Å²) in [5.41, 5.74) is 6.48. The summed E-state index contributed by atoms with van der Waals surface area (Å²) < 4.78 is 0. The molecule has 2 atom stereocenters. The van der Waals surface area contributed by atoms with E-state index in [4.69, 9.17) is 5.73 Å². The van der Waals surface area contributed by atoms with Gasteiger partial charge in [-0.25, -0.2) is 0 Å². The van der Waals surface area contributed by atoms with Crippen LogP contribution < -0.4 is 5.73 Å². The largest absolute Gasteiger partial charge is 0.325 e. The van der Waals surface area contributed by atoms with Crippen LogP contribution in [-0.2, 0) is 0 Å². The third kappa shape index (κ3) is 5.30. The second kappa shape index (κ2) is 6.42. The summed E-state index contributed by atoms with van der Waals surface area (Å²) in [4.78, 5) is 0. The molecule has 0 aromatic heterocycles. The van der Waals surface area contributed by atoms with Crippen molar-refractivity contribution < 1.29 is 0 Å². The van der Waals surface area contributed by atoms with Crippen LogP contribution in [-0.4, -0.2) is 5.54 Å². The van der Waals surface area contributed by atoms with Crippen molar-refractivity contribution >= 4 is 0 Å². The van der Waals surface area contributed by atoms with E-state index in [-0.39, 0.29) is 5.54 Å². The monoisotopic (exact) mass is 185 g/mol. The normalized spacial score (nSPS) is 18.2. The Kier molecular flexibility index (Phi) is 6.40. The van der Waals surface area contributed by atoms with Crippen molar-refractivity contribution in [3.63, 3.8) is 0 Å². The van der Waals surface area contributed by atoms with E-state index in [2.05, 4.69) is 27.7 Å². The Morgan fingerprint density at radius 3 is 2.23 bits per heavy atom. The molecule has 0 saturated carbocycles. The number of rotatable bonds is 7. The summed E-state index contributed by atoms with van der Waals surface area (Å²) >= 11 is 0. The molecule has 0 fully saturated rings. The molecule has 0 heterocycles. The van der Waals surface area contributed by atoms with Gasteiger partial charge in [0.1, 0.15) is 0 Å². The molecule has 0 aromatic carbocycles. The maximum Gasteiger partial charge on any atom is 0.0154 e. The zero-order valence-corrected chi connectivity index (χ0v) is 9.90. The maximum absolute atomic E-state index is 6.36. The first-order valence-corrected chi connectivity index (χ1v) is 5.86. The topological polar surface area (TPSA) is 26.0 Å². The van der Waals surface area contributed by atoms with Crippen LogP contribution in [0.15, 0.2) is 0 Å². The number of unbranched alkanes of at least 4 members (excludes halogenated alkanes) is 1. The predicted octanol–water partition coefficient (Wildman–Crippen LogP) is 3.72. The van der Waals surface area contributed by atoms with Gasteiger partial charge in [0.2, 0.25) is 0 Å². The first-order chi connectivity index (χ1) is 6.08. The van der Waals surface area contributed by atoms with Gasteiger partial charge in [-0.15, -0.1) is 0 Å². The van der Waals surface area contributed by atoms with E-state index in [0.29, 0.717) is 0 Å². The highest BCUT2D eigenvalue weighted by Crippen LogP contribution is 2.25. The number of hydrogen-bond donors (Lipinski definition) is 1. The van der Waals surface area contributed by atoms with Crippen molar-refractivity contribution in [1.82, 2.24) is 0 Å². The first kappa shape index (κ1) is 13.0. The molecule has 2 unspecified atom stereocenters. The fourth-order valence-electron chi connectivity index (χ4n) is 1.79. The molecule has 0 saturated heterocycles. The molecule has 0 aromatic rings. The van der Waals surface area contributed by atoms with Gasteiger partial charge in [-0.3, -0.25) is 0 Å². The van der Waals surface area contributed by atoms with Gasteiger partial charge < -0.3 is 5.73 Å². The van der Waals surface area contributed by atoms with E-state index < -0.39 is 0 Å². The molecule has 1 nitrogen and oxygen atoms in total. The highest BCUT2D eigenvalue weighted by molar-refractivity contribution is 4.83. The van der Waals surface area contributed by atoms with E-state index in [1.807, 2.05) is 0 Å². The summed E-state index contributed by atoms with van der Waals surface area (Å²) in [5.74, 6) is 0.779. The molecule has 13 heavy (non-hydrogen) atoms. The van der Waals surface area contributed by atoms with Gasteiger partial charge in [-0.2, -0.15) is 0 Å². The molecule has 1 heteroatoms. The van der Waals surface area contributed by atoms with Gasteiger partial charge in [0.05, 0.1) is 0 Å². The molecule has 80 valence electrons. The van der Waals surface area contributed by atoms with Crippen molar-refractivity contribution in [2.45, 2.75) is 71.8 Å². The van der Waals surface area contributed by atoms with Crippen molar-refractivity contribution in [3.8, 4) is 0 Å². The van der Waals surface area contributed by atoms with Crippen LogP contribution in [0.3, 0.4) is 0 Å². The van der Waals surface area contributed by atoms with Crippen molar-refractivity contribution in [1.29, 1.82) is 0 Å². The Morgan fingerprint density at radius 1 is 1.23 bits per heavy atom. The summed E-state index contributed by atoms with van der Waals surface area (Å²) in [6.07, 6.45) is 7.31. The average Bonchev–Trinajstić information content (AvgIpc) is 2.14. The maximum atomic E-state index is 6.36. The lowest BCUT2D eigenvalue weighted by Gasteiger charge is -2.30. The molecular formula is C12H27N. The molecule has 0 aliphatic carbocycles. The van der Waals surface area contributed by atoms with Crippen molar-refractivity contribution in [2.24, 2.45) is 11.7 Å². The minimum atomic E-state index is 0.117. The molecule has 0 amide bonds. The Hall–Kier alpha value is -0.0400. The summed E-state index contributed by atoms with van der Waals surface area (Å²) in [7, 11) is 0. The highest BCUT2D eigenvalue weighted by atomic mass is 14.7. The van der Waals surface area contributed by atoms with Gasteiger partial charge >= 0.3 is 0 Å². The second-order valence-electron chi connectivity index (χ2n) is 4.54. The van der Waals surface area contributed by atoms with Crippen LogP contribution in [0.4, 0.5) is 0 Å². The van der Waals surface area contributed by atoms with Gasteiger partial charge in [-0.1, -0.05) is 47.0 Å². The van der Waals surface area contributed by atoms with E-state index in [1.54, 1.807) is 0 Å². The average molecular weight is 185 g/mol. The van der Waals surface area contributed by atoms with Crippen LogP contribution in [0, 0.1) is 5.92 Å². The summed E-state index contributed by atoms with van der Waals surface area (Å²) in [5, 5.41) is 0. The lowest BCUT2D eigenvalue weighted by atomic mass is 9.82. The minimum absolute atomic E-state index is 0.117. The summed E-state index contributed by atoms with van der Waals surface area (Å²) in [6.45, 7) is 9.02. The van der Waals surface area contributed by atoms with Crippen LogP contribution in [0.5, 0.6) is 0 Å². The lowest BCUT2D eigenvalue weighted by molar-refractivity contribution is 0.288. The van der Waals surface area contributed by atoms with Crippen molar-refractivity contribution in [2.75, 3.05) is 0 Å². The van der Waals surface area contributed by atoms with Crippen LogP contribution >= 0.6 is 0 Å². The Morgan fingerprint density at radius 2 is 1.85 bits per heavy atom. The Balaban J connectivity index is 3.94. The lowest BCUT2D eigenvalue weighted by Crippen LogP contribution is -2.40. The smallest absolute Gasteiger partial charge is 0.0154 e. The Bertz CT molecular complexity index is 122. The van der Waals surface area contributed by atoms with Gasteiger partial charge in [-0.05, 0) is 25.2 Å². The quantitative estimate of drug-likeness (QED) is 0.642.